The monoisotopic (exact) mass is 217 g/mol. The lowest BCUT2D eigenvalue weighted by Gasteiger charge is -2.06. The van der Waals surface area contributed by atoms with E-state index in [4.69, 9.17) is 10.8 Å². The Labute approximate surface area is 92.1 Å². The molecule has 1 amide bonds. The molecular weight excluding hydrogens is 206 g/mol. The summed E-state index contributed by atoms with van der Waals surface area (Å²) in [5.41, 5.74) is 6.95. The van der Waals surface area contributed by atoms with Crippen LogP contribution in [0.15, 0.2) is 36.7 Å². The van der Waals surface area contributed by atoms with E-state index in [1.54, 1.807) is 6.07 Å². The molecule has 0 spiro atoms. The molecule has 0 aliphatic carbocycles. The predicted molar refractivity (Wildman–Crippen MR) is 58.0 cm³/mol. The summed E-state index contributed by atoms with van der Waals surface area (Å²) in [5.74, 6) is -0.521. The molecule has 5 heteroatoms. The molecule has 82 valence electrons. The molecule has 0 aliphatic heterocycles. The molecule has 0 saturated carbocycles. The molecule has 0 saturated heterocycles. The summed E-state index contributed by atoms with van der Waals surface area (Å²) < 4.78 is 1.52. The highest BCUT2D eigenvalue weighted by Crippen LogP contribution is 2.14. The van der Waals surface area contributed by atoms with E-state index in [0.29, 0.717) is 5.56 Å². The van der Waals surface area contributed by atoms with E-state index in [1.165, 1.54) is 17.1 Å². The number of amides is 1. The van der Waals surface area contributed by atoms with Gasteiger partial charge in [-0.25, -0.2) is 4.68 Å². The van der Waals surface area contributed by atoms with Gasteiger partial charge >= 0.3 is 0 Å². The van der Waals surface area contributed by atoms with E-state index in [2.05, 4.69) is 5.10 Å². The van der Waals surface area contributed by atoms with Gasteiger partial charge in [0.05, 0.1) is 24.1 Å². The first kappa shape index (κ1) is 10.4. The lowest BCUT2D eigenvalue weighted by Crippen LogP contribution is -2.09. The van der Waals surface area contributed by atoms with Gasteiger partial charge in [-0.3, -0.25) is 4.79 Å². The molecule has 2 rings (SSSR count). The van der Waals surface area contributed by atoms with Crippen molar-refractivity contribution < 1.29 is 9.90 Å². The summed E-state index contributed by atoms with van der Waals surface area (Å²) in [7, 11) is 0. The van der Waals surface area contributed by atoms with E-state index >= 15 is 0 Å². The number of aromatic nitrogens is 2. The Morgan fingerprint density at radius 3 is 2.81 bits per heavy atom. The van der Waals surface area contributed by atoms with Gasteiger partial charge in [-0.15, -0.1) is 0 Å². The van der Waals surface area contributed by atoms with Crippen molar-refractivity contribution in [2.75, 3.05) is 0 Å². The number of carbonyl (C=O) groups excluding carboxylic acids is 1. The maximum atomic E-state index is 10.9. The minimum atomic E-state index is -0.521. The number of rotatable bonds is 3. The van der Waals surface area contributed by atoms with Crippen LogP contribution in [0.25, 0.3) is 5.69 Å². The summed E-state index contributed by atoms with van der Waals surface area (Å²) in [5, 5.41) is 13.2. The number of para-hydroxylation sites is 1. The summed E-state index contributed by atoms with van der Waals surface area (Å²) >= 11 is 0. The van der Waals surface area contributed by atoms with E-state index in [-0.39, 0.29) is 6.61 Å². The smallest absolute Gasteiger partial charge is 0.251 e. The second-order valence-electron chi connectivity index (χ2n) is 3.32. The third-order valence-corrected chi connectivity index (χ3v) is 2.28. The molecule has 3 N–H and O–H groups in total. The van der Waals surface area contributed by atoms with Gasteiger partial charge in [-0.1, -0.05) is 18.2 Å². The van der Waals surface area contributed by atoms with Crippen molar-refractivity contribution >= 4 is 5.91 Å². The third kappa shape index (κ3) is 1.80. The summed E-state index contributed by atoms with van der Waals surface area (Å²) in [6.07, 6.45) is 2.94. The van der Waals surface area contributed by atoms with Crippen LogP contribution in [-0.4, -0.2) is 20.8 Å². The van der Waals surface area contributed by atoms with Crippen LogP contribution in [0.3, 0.4) is 0 Å². The number of aliphatic hydroxyl groups excluding tert-OH is 1. The fourth-order valence-corrected chi connectivity index (χ4v) is 1.45. The second-order valence-corrected chi connectivity index (χ2v) is 3.32. The molecule has 1 aromatic carbocycles. The van der Waals surface area contributed by atoms with Crippen molar-refractivity contribution in [1.82, 2.24) is 9.78 Å². The molecule has 16 heavy (non-hydrogen) atoms. The Hall–Kier alpha value is -2.14. The van der Waals surface area contributed by atoms with Crippen molar-refractivity contribution in [3.05, 3.63) is 47.8 Å². The number of nitrogens with zero attached hydrogens (tertiary/aromatic N) is 2. The number of hydrogen-bond donors (Lipinski definition) is 2. The SMILES string of the molecule is NC(=O)c1cnn(-c2ccccc2CO)c1. The van der Waals surface area contributed by atoms with E-state index in [0.717, 1.165) is 11.3 Å². The molecule has 0 fully saturated rings. The molecular formula is C11H11N3O2. The van der Waals surface area contributed by atoms with Gasteiger partial charge in [-0.2, -0.15) is 5.10 Å². The molecule has 1 aromatic heterocycles. The lowest BCUT2D eigenvalue weighted by molar-refractivity contribution is 0.100. The summed E-state index contributed by atoms with van der Waals surface area (Å²) in [4.78, 5) is 10.9. The first-order valence-corrected chi connectivity index (χ1v) is 4.76. The zero-order valence-corrected chi connectivity index (χ0v) is 8.50. The lowest BCUT2D eigenvalue weighted by atomic mass is 10.2. The van der Waals surface area contributed by atoms with Crippen molar-refractivity contribution in [2.24, 2.45) is 5.73 Å². The van der Waals surface area contributed by atoms with Crippen LogP contribution in [0.5, 0.6) is 0 Å². The number of nitrogens with two attached hydrogens (primary N) is 1. The van der Waals surface area contributed by atoms with E-state index in [9.17, 15) is 4.79 Å². The Morgan fingerprint density at radius 1 is 1.44 bits per heavy atom. The Kier molecular flexibility index (Phi) is 2.70. The van der Waals surface area contributed by atoms with Crippen molar-refractivity contribution in [3.8, 4) is 5.69 Å². The van der Waals surface area contributed by atoms with Crippen LogP contribution < -0.4 is 5.73 Å². The number of primary amides is 1. The average Bonchev–Trinajstić information content (AvgIpc) is 2.78. The minimum absolute atomic E-state index is 0.0814. The zero-order chi connectivity index (χ0) is 11.5. The molecule has 0 radical (unpaired) electrons. The standard InChI is InChI=1S/C11H11N3O2/c12-11(16)9-5-13-14(6-9)10-4-2-1-3-8(10)7-15/h1-6,15H,7H2,(H2,12,16). The second kappa shape index (κ2) is 4.16. The summed E-state index contributed by atoms with van der Waals surface area (Å²) in [6.45, 7) is -0.0814. The Bertz CT molecular complexity index is 519. The fraction of sp³-hybridized carbons (Fsp3) is 0.0909. The van der Waals surface area contributed by atoms with Gasteiger partial charge in [0.25, 0.3) is 5.91 Å². The minimum Gasteiger partial charge on any atom is -0.392 e. The van der Waals surface area contributed by atoms with Crippen LogP contribution in [0.1, 0.15) is 15.9 Å². The molecule has 2 aromatic rings. The predicted octanol–water partition coefficient (Wildman–Crippen LogP) is 0.464. The van der Waals surface area contributed by atoms with Crippen molar-refractivity contribution in [2.45, 2.75) is 6.61 Å². The van der Waals surface area contributed by atoms with Gasteiger partial charge in [0.2, 0.25) is 0 Å². The summed E-state index contributed by atoms with van der Waals surface area (Å²) in [6, 6.07) is 7.26. The average molecular weight is 217 g/mol. The van der Waals surface area contributed by atoms with Crippen molar-refractivity contribution in [1.29, 1.82) is 0 Å². The Balaban J connectivity index is 2.46. The topological polar surface area (TPSA) is 81.1 Å². The van der Waals surface area contributed by atoms with Crippen LogP contribution in [0.4, 0.5) is 0 Å². The first-order valence-electron chi connectivity index (χ1n) is 4.76. The van der Waals surface area contributed by atoms with E-state index in [1.807, 2.05) is 18.2 Å². The molecule has 0 atom stereocenters. The highest BCUT2D eigenvalue weighted by atomic mass is 16.3. The zero-order valence-electron chi connectivity index (χ0n) is 8.50. The first-order chi connectivity index (χ1) is 7.72. The van der Waals surface area contributed by atoms with Crippen LogP contribution in [0, 0.1) is 0 Å². The molecule has 1 heterocycles. The number of carbonyl (C=O) groups is 1. The van der Waals surface area contributed by atoms with Crippen LogP contribution in [-0.2, 0) is 6.61 Å². The van der Waals surface area contributed by atoms with Crippen molar-refractivity contribution in [3.63, 3.8) is 0 Å². The maximum absolute atomic E-state index is 10.9. The quantitative estimate of drug-likeness (QED) is 0.783. The molecule has 0 aliphatic rings. The number of aliphatic hydroxyl groups is 1. The maximum Gasteiger partial charge on any atom is 0.251 e. The van der Waals surface area contributed by atoms with Crippen LogP contribution >= 0.6 is 0 Å². The highest BCUT2D eigenvalue weighted by molar-refractivity contribution is 5.92. The van der Waals surface area contributed by atoms with Gasteiger partial charge < -0.3 is 10.8 Å². The highest BCUT2D eigenvalue weighted by Gasteiger charge is 2.07. The van der Waals surface area contributed by atoms with Gasteiger partial charge in [-0.05, 0) is 6.07 Å². The largest absolute Gasteiger partial charge is 0.392 e. The van der Waals surface area contributed by atoms with Gasteiger partial charge in [0.15, 0.2) is 0 Å². The number of benzene rings is 1. The van der Waals surface area contributed by atoms with Gasteiger partial charge in [0.1, 0.15) is 0 Å². The van der Waals surface area contributed by atoms with Crippen LogP contribution in [0.2, 0.25) is 0 Å². The Morgan fingerprint density at radius 2 is 2.19 bits per heavy atom. The van der Waals surface area contributed by atoms with Gasteiger partial charge in [0, 0.05) is 11.8 Å². The molecule has 0 bridgehead atoms. The number of hydrogen-bond acceptors (Lipinski definition) is 3. The normalized spacial score (nSPS) is 10.3. The van der Waals surface area contributed by atoms with E-state index < -0.39 is 5.91 Å². The fourth-order valence-electron chi connectivity index (χ4n) is 1.45. The third-order valence-electron chi connectivity index (χ3n) is 2.28. The molecule has 0 unspecified atom stereocenters. The molecule has 5 nitrogen and oxygen atoms in total.